The normalized spacial score (nSPS) is 20.2. The number of carbonyl (C=O) groups is 1. The van der Waals surface area contributed by atoms with Crippen LogP contribution in [0.5, 0.6) is 0 Å². The third-order valence-corrected chi connectivity index (χ3v) is 4.91. The van der Waals surface area contributed by atoms with E-state index in [0.29, 0.717) is 31.0 Å². The lowest BCUT2D eigenvalue weighted by Gasteiger charge is -2.33. The van der Waals surface area contributed by atoms with Gasteiger partial charge in [0.25, 0.3) is 0 Å². The van der Waals surface area contributed by atoms with Gasteiger partial charge in [0.05, 0.1) is 5.69 Å². The predicted octanol–water partition coefficient (Wildman–Crippen LogP) is 1.69. The summed E-state index contributed by atoms with van der Waals surface area (Å²) in [6.07, 6.45) is 5.18. The first-order valence-electron chi connectivity index (χ1n) is 8.81. The third-order valence-electron chi connectivity index (χ3n) is 4.91. The van der Waals surface area contributed by atoms with Gasteiger partial charge >= 0.3 is 0 Å². The Morgan fingerprint density at radius 1 is 1.29 bits per heavy atom. The highest BCUT2D eigenvalue weighted by Crippen LogP contribution is 2.25. The Morgan fingerprint density at radius 2 is 2.00 bits per heavy atom. The highest BCUT2D eigenvalue weighted by atomic mass is 19.1. The summed E-state index contributed by atoms with van der Waals surface area (Å²) in [5.74, 6) is 0.161. The smallest absolute Gasteiger partial charge is 0.223 e. The summed E-state index contributed by atoms with van der Waals surface area (Å²) >= 11 is 0. The van der Waals surface area contributed by atoms with E-state index < -0.39 is 0 Å². The Balaban J connectivity index is 1.54. The van der Waals surface area contributed by atoms with Gasteiger partial charge in [0, 0.05) is 38.3 Å². The van der Waals surface area contributed by atoms with E-state index in [2.05, 4.69) is 15.3 Å². The van der Waals surface area contributed by atoms with Crippen LogP contribution in [0.2, 0.25) is 0 Å². The molecule has 0 aromatic carbocycles. The molecular weight excluding hydrogens is 311 g/mol. The second-order valence-electron chi connectivity index (χ2n) is 6.47. The summed E-state index contributed by atoms with van der Waals surface area (Å²) in [6, 6.07) is 0.232. The number of amides is 1. The van der Waals surface area contributed by atoms with Gasteiger partial charge in [-0.3, -0.25) is 4.79 Å². The number of anilines is 1. The van der Waals surface area contributed by atoms with Gasteiger partial charge in [0.15, 0.2) is 11.6 Å². The maximum atomic E-state index is 14.4. The SMILES string of the molecule is CCc1ncnc(N2CCC(C(=O)NC3CCOCC3)CC2)c1F. The number of nitrogens with zero attached hydrogens (tertiary/aromatic N) is 3. The quantitative estimate of drug-likeness (QED) is 0.906. The summed E-state index contributed by atoms with van der Waals surface area (Å²) in [6.45, 7) is 4.60. The molecule has 3 heterocycles. The third kappa shape index (κ3) is 3.83. The molecule has 1 amide bonds. The Kier molecular flexibility index (Phi) is 5.60. The molecule has 2 fully saturated rings. The molecule has 0 spiro atoms. The molecule has 24 heavy (non-hydrogen) atoms. The minimum absolute atomic E-state index is 0.000334. The number of halogens is 1. The monoisotopic (exact) mass is 336 g/mol. The second kappa shape index (κ2) is 7.88. The van der Waals surface area contributed by atoms with Crippen LogP contribution in [-0.4, -0.2) is 48.2 Å². The molecule has 3 rings (SSSR count). The fourth-order valence-electron chi connectivity index (χ4n) is 3.38. The molecule has 2 aliphatic heterocycles. The molecule has 1 N–H and O–H groups in total. The maximum absolute atomic E-state index is 14.4. The minimum Gasteiger partial charge on any atom is -0.381 e. The van der Waals surface area contributed by atoms with Crippen molar-refractivity contribution in [3.63, 3.8) is 0 Å². The Labute approximate surface area is 141 Å². The van der Waals surface area contributed by atoms with Crippen molar-refractivity contribution in [3.05, 3.63) is 17.8 Å². The number of rotatable bonds is 4. The fourth-order valence-corrected chi connectivity index (χ4v) is 3.38. The summed E-state index contributed by atoms with van der Waals surface area (Å²) < 4.78 is 19.7. The largest absolute Gasteiger partial charge is 0.381 e. The van der Waals surface area contributed by atoms with Crippen LogP contribution < -0.4 is 10.2 Å². The first-order chi connectivity index (χ1) is 11.7. The van der Waals surface area contributed by atoms with Gasteiger partial charge < -0.3 is 15.0 Å². The van der Waals surface area contributed by atoms with Crippen LogP contribution in [0.25, 0.3) is 0 Å². The molecule has 2 saturated heterocycles. The van der Waals surface area contributed by atoms with E-state index in [1.807, 2.05) is 11.8 Å². The number of hydrogen-bond donors (Lipinski definition) is 1. The maximum Gasteiger partial charge on any atom is 0.223 e. The van der Waals surface area contributed by atoms with Crippen LogP contribution >= 0.6 is 0 Å². The van der Waals surface area contributed by atoms with E-state index in [1.165, 1.54) is 6.33 Å². The summed E-state index contributed by atoms with van der Waals surface area (Å²) in [7, 11) is 0. The first-order valence-corrected chi connectivity index (χ1v) is 8.81. The van der Waals surface area contributed by atoms with Gasteiger partial charge in [-0.2, -0.15) is 0 Å². The number of piperidine rings is 1. The van der Waals surface area contributed by atoms with Crippen LogP contribution in [0.3, 0.4) is 0 Å². The highest BCUT2D eigenvalue weighted by Gasteiger charge is 2.29. The van der Waals surface area contributed by atoms with Gasteiger partial charge in [-0.15, -0.1) is 0 Å². The van der Waals surface area contributed by atoms with E-state index in [-0.39, 0.29) is 23.7 Å². The number of nitrogens with one attached hydrogen (secondary N) is 1. The van der Waals surface area contributed by atoms with Crippen molar-refractivity contribution in [1.29, 1.82) is 0 Å². The van der Waals surface area contributed by atoms with Crippen molar-refractivity contribution in [3.8, 4) is 0 Å². The predicted molar refractivity (Wildman–Crippen MR) is 88.3 cm³/mol. The Morgan fingerprint density at radius 3 is 2.67 bits per heavy atom. The van der Waals surface area contributed by atoms with Crippen LogP contribution in [0.1, 0.15) is 38.3 Å². The van der Waals surface area contributed by atoms with Gasteiger partial charge in [-0.05, 0) is 32.1 Å². The number of ether oxygens (including phenoxy) is 1. The molecule has 0 atom stereocenters. The van der Waals surface area contributed by atoms with E-state index in [0.717, 1.165) is 38.9 Å². The molecule has 2 aliphatic rings. The van der Waals surface area contributed by atoms with Crippen molar-refractivity contribution in [2.45, 2.75) is 45.1 Å². The molecule has 1 aromatic rings. The lowest BCUT2D eigenvalue weighted by Crippen LogP contribution is -2.45. The summed E-state index contributed by atoms with van der Waals surface area (Å²) in [5.41, 5.74) is 0.444. The summed E-state index contributed by atoms with van der Waals surface area (Å²) in [5, 5.41) is 3.14. The van der Waals surface area contributed by atoms with Crippen molar-refractivity contribution in [2.75, 3.05) is 31.2 Å². The molecule has 0 saturated carbocycles. The lowest BCUT2D eigenvalue weighted by molar-refractivity contribution is -0.126. The van der Waals surface area contributed by atoms with Gasteiger partial charge in [-0.25, -0.2) is 14.4 Å². The van der Waals surface area contributed by atoms with Crippen LogP contribution in [-0.2, 0) is 16.0 Å². The van der Waals surface area contributed by atoms with Gasteiger partial charge in [-0.1, -0.05) is 6.92 Å². The Bertz CT molecular complexity index is 570. The van der Waals surface area contributed by atoms with Crippen LogP contribution in [0.15, 0.2) is 6.33 Å². The average molecular weight is 336 g/mol. The number of hydrogen-bond acceptors (Lipinski definition) is 5. The number of aromatic nitrogens is 2. The standard InChI is InChI=1S/C17H25FN4O2/c1-2-14-15(18)16(20-11-19-14)22-7-3-12(4-8-22)17(23)21-13-5-9-24-10-6-13/h11-13H,2-10H2,1H3,(H,21,23). The zero-order valence-corrected chi connectivity index (χ0v) is 14.1. The zero-order valence-electron chi connectivity index (χ0n) is 14.1. The molecule has 0 radical (unpaired) electrons. The Hall–Kier alpha value is -1.76. The zero-order chi connectivity index (χ0) is 16.9. The van der Waals surface area contributed by atoms with E-state index >= 15 is 0 Å². The lowest BCUT2D eigenvalue weighted by atomic mass is 9.95. The van der Waals surface area contributed by atoms with Crippen molar-refractivity contribution in [1.82, 2.24) is 15.3 Å². The molecule has 0 unspecified atom stereocenters. The average Bonchev–Trinajstić information content (AvgIpc) is 2.63. The van der Waals surface area contributed by atoms with Crippen molar-refractivity contribution < 1.29 is 13.9 Å². The van der Waals surface area contributed by atoms with E-state index in [9.17, 15) is 9.18 Å². The minimum atomic E-state index is -0.329. The van der Waals surface area contributed by atoms with Crippen molar-refractivity contribution >= 4 is 11.7 Å². The van der Waals surface area contributed by atoms with Gasteiger partial charge in [0.1, 0.15) is 6.33 Å². The number of aryl methyl sites for hydroxylation is 1. The van der Waals surface area contributed by atoms with Crippen molar-refractivity contribution in [2.24, 2.45) is 5.92 Å². The molecule has 7 heteroatoms. The molecular formula is C17H25FN4O2. The second-order valence-corrected chi connectivity index (χ2v) is 6.47. The first kappa shape index (κ1) is 17.1. The molecule has 6 nitrogen and oxygen atoms in total. The molecule has 132 valence electrons. The van der Waals surface area contributed by atoms with Crippen LogP contribution in [0.4, 0.5) is 10.2 Å². The van der Waals surface area contributed by atoms with Crippen LogP contribution in [0, 0.1) is 11.7 Å². The number of carbonyl (C=O) groups excluding carboxylic acids is 1. The molecule has 0 bridgehead atoms. The molecule has 1 aromatic heterocycles. The summed E-state index contributed by atoms with van der Waals surface area (Å²) in [4.78, 5) is 22.4. The molecule has 0 aliphatic carbocycles. The fraction of sp³-hybridized carbons (Fsp3) is 0.706. The highest BCUT2D eigenvalue weighted by molar-refractivity contribution is 5.79. The van der Waals surface area contributed by atoms with Gasteiger partial charge in [0.2, 0.25) is 5.91 Å². The van der Waals surface area contributed by atoms with E-state index in [4.69, 9.17) is 4.74 Å². The van der Waals surface area contributed by atoms with E-state index in [1.54, 1.807) is 0 Å². The topological polar surface area (TPSA) is 67.4 Å².